The molecule has 5 heteroatoms. The Kier molecular flexibility index (Phi) is 4.70. The Morgan fingerprint density at radius 3 is 2.86 bits per heavy atom. The second-order valence-corrected chi connectivity index (χ2v) is 6.35. The largest absolute Gasteiger partial charge is 0.338 e. The fourth-order valence-electron chi connectivity index (χ4n) is 3.25. The van der Waals surface area contributed by atoms with E-state index in [9.17, 15) is 0 Å². The zero-order valence-electron chi connectivity index (χ0n) is 13.3. The number of fused-ring (bicyclic) bond motifs is 1. The molecule has 2 aliphatic rings. The van der Waals surface area contributed by atoms with Crippen LogP contribution in [0.1, 0.15) is 24.6 Å². The number of aryl methyl sites for hydroxylation is 1. The predicted octanol–water partition coefficient (Wildman–Crippen LogP) is 0.943. The molecule has 0 saturated carbocycles. The van der Waals surface area contributed by atoms with Gasteiger partial charge in [0, 0.05) is 38.1 Å². The van der Waals surface area contributed by atoms with E-state index in [1.54, 1.807) is 0 Å². The molecule has 2 heterocycles. The average Bonchev–Trinajstić information content (AvgIpc) is 2.53. The van der Waals surface area contributed by atoms with Crippen molar-refractivity contribution in [2.45, 2.75) is 26.2 Å². The number of anilines is 1. The monoisotopic (exact) mass is 289 g/mol. The number of piperazine rings is 1. The average molecular weight is 289 g/mol. The molecule has 1 aliphatic heterocycles. The minimum absolute atomic E-state index is 0.746. The van der Waals surface area contributed by atoms with E-state index in [1.807, 2.05) is 0 Å². The number of hydrogen-bond acceptors (Lipinski definition) is 5. The number of rotatable bonds is 4. The molecule has 0 amide bonds. The van der Waals surface area contributed by atoms with E-state index in [-0.39, 0.29) is 0 Å². The number of likely N-dealkylation sites (N-methyl/N-ethyl adjacent to an activating group) is 1. The minimum atomic E-state index is 0.746. The van der Waals surface area contributed by atoms with Gasteiger partial charge in [-0.15, -0.1) is 0 Å². The highest BCUT2D eigenvalue weighted by molar-refractivity contribution is 5.35. The summed E-state index contributed by atoms with van der Waals surface area (Å²) in [5, 5.41) is 3.46. The molecule has 1 aromatic rings. The van der Waals surface area contributed by atoms with Crippen LogP contribution in [0, 0.1) is 5.92 Å². The molecule has 0 aromatic carbocycles. The summed E-state index contributed by atoms with van der Waals surface area (Å²) in [6.07, 6.45) is 5.56. The van der Waals surface area contributed by atoms with Crippen molar-refractivity contribution in [1.82, 2.24) is 20.2 Å². The second-order valence-electron chi connectivity index (χ2n) is 6.35. The van der Waals surface area contributed by atoms with E-state index in [2.05, 4.69) is 40.3 Å². The van der Waals surface area contributed by atoms with Crippen molar-refractivity contribution in [2.24, 2.45) is 5.92 Å². The Bertz CT molecular complexity index is 468. The SMILES string of the molecule is CCNCC1CCc2nc(N3CCN(C)CC3)ncc2C1. The molecule has 1 N–H and O–H groups in total. The van der Waals surface area contributed by atoms with E-state index in [0.717, 1.165) is 64.0 Å². The Morgan fingerprint density at radius 1 is 1.29 bits per heavy atom. The minimum Gasteiger partial charge on any atom is -0.338 e. The van der Waals surface area contributed by atoms with Crippen molar-refractivity contribution in [3.63, 3.8) is 0 Å². The molecule has 116 valence electrons. The molecule has 0 radical (unpaired) electrons. The van der Waals surface area contributed by atoms with Gasteiger partial charge >= 0.3 is 0 Å². The predicted molar refractivity (Wildman–Crippen MR) is 85.8 cm³/mol. The molecular formula is C16H27N5. The van der Waals surface area contributed by atoms with Crippen LogP contribution in [0.25, 0.3) is 0 Å². The molecule has 1 saturated heterocycles. The van der Waals surface area contributed by atoms with Crippen LogP contribution in [0.3, 0.4) is 0 Å². The Morgan fingerprint density at radius 2 is 2.10 bits per heavy atom. The van der Waals surface area contributed by atoms with Crippen LogP contribution in [0.2, 0.25) is 0 Å². The third-order valence-corrected chi connectivity index (χ3v) is 4.71. The lowest BCUT2D eigenvalue weighted by Crippen LogP contribution is -2.45. The normalized spacial score (nSPS) is 23.1. The molecule has 3 rings (SSSR count). The van der Waals surface area contributed by atoms with Crippen molar-refractivity contribution < 1.29 is 0 Å². The first-order valence-electron chi connectivity index (χ1n) is 8.25. The van der Waals surface area contributed by atoms with Gasteiger partial charge in [0.25, 0.3) is 0 Å². The standard InChI is InChI=1S/C16H27N5/c1-3-17-11-13-4-5-15-14(10-13)12-18-16(19-15)21-8-6-20(2)7-9-21/h12-13,17H,3-11H2,1-2H3. The van der Waals surface area contributed by atoms with Crippen LogP contribution in [-0.4, -0.2) is 61.2 Å². The van der Waals surface area contributed by atoms with Gasteiger partial charge in [-0.05, 0) is 50.9 Å². The number of nitrogens with zero attached hydrogens (tertiary/aromatic N) is 4. The van der Waals surface area contributed by atoms with Crippen molar-refractivity contribution in [3.8, 4) is 0 Å². The van der Waals surface area contributed by atoms with Crippen molar-refractivity contribution in [1.29, 1.82) is 0 Å². The Balaban J connectivity index is 1.66. The van der Waals surface area contributed by atoms with E-state index in [1.165, 1.54) is 17.7 Å². The van der Waals surface area contributed by atoms with Crippen LogP contribution in [-0.2, 0) is 12.8 Å². The van der Waals surface area contributed by atoms with E-state index in [4.69, 9.17) is 4.98 Å². The topological polar surface area (TPSA) is 44.3 Å². The van der Waals surface area contributed by atoms with Crippen LogP contribution in [0.15, 0.2) is 6.20 Å². The molecule has 1 unspecified atom stereocenters. The van der Waals surface area contributed by atoms with E-state index < -0.39 is 0 Å². The third-order valence-electron chi connectivity index (χ3n) is 4.71. The fraction of sp³-hybridized carbons (Fsp3) is 0.750. The summed E-state index contributed by atoms with van der Waals surface area (Å²) in [5.74, 6) is 1.68. The Hall–Kier alpha value is -1.20. The summed E-state index contributed by atoms with van der Waals surface area (Å²) in [4.78, 5) is 14.2. The van der Waals surface area contributed by atoms with Crippen molar-refractivity contribution >= 4 is 5.95 Å². The van der Waals surface area contributed by atoms with Crippen molar-refractivity contribution in [2.75, 3.05) is 51.2 Å². The highest BCUT2D eigenvalue weighted by Gasteiger charge is 2.22. The molecule has 0 spiro atoms. The van der Waals surface area contributed by atoms with Crippen LogP contribution in [0.4, 0.5) is 5.95 Å². The Labute approximate surface area is 127 Å². The lowest BCUT2D eigenvalue weighted by Gasteiger charge is -2.33. The van der Waals surface area contributed by atoms with Gasteiger partial charge in [-0.25, -0.2) is 9.97 Å². The molecule has 1 atom stereocenters. The molecule has 5 nitrogen and oxygen atoms in total. The van der Waals surface area contributed by atoms with Gasteiger partial charge in [-0.1, -0.05) is 6.92 Å². The molecule has 0 bridgehead atoms. The van der Waals surface area contributed by atoms with Gasteiger partial charge in [-0.3, -0.25) is 0 Å². The van der Waals surface area contributed by atoms with Gasteiger partial charge in [0.1, 0.15) is 0 Å². The molecular weight excluding hydrogens is 262 g/mol. The molecule has 1 fully saturated rings. The summed E-state index contributed by atoms with van der Waals surface area (Å²) in [7, 11) is 2.18. The van der Waals surface area contributed by atoms with Gasteiger partial charge in [0.05, 0.1) is 0 Å². The molecule has 1 aliphatic carbocycles. The van der Waals surface area contributed by atoms with Crippen molar-refractivity contribution in [3.05, 3.63) is 17.5 Å². The maximum atomic E-state index is 4.85. The number of hydrogen-bond donors (Lipinski definition) is 1. The quantitative estimate of drug-likeness (QED) is 0.894. The van der Waals surface area contributed by atoms with Gasteiger partial charge < -0.3 is 15.1 Å². The summed E-state index contributed by atoms with van der Waals surface area (Å²) in [5.41, 5.74) is 2.65. The van der Waals surface area contributed by atoms with Crippen LogP contribution < -0.4 is 10.2 Å². The maximum Gasteiger partial charge on any atom is 0.225 e. The molecule has 21 heavy (non-hydrogen) atoms. The number of nitrogens with one attached hydrogen (secondary N) is 1. The lowest BCUT2D eigenvalue weighted by molar-refractivity contribution is 0.311. The van der Waals surface area contributed by atoms with E-state index >= 15 is 0 Å². The highest BCUT2D eigenvalue weighted by atomic mass is 15.3. The third kappa shape index (κ3) is 3.52. The summed E-state index contributed by atoms with van der Waals surface area (Å²) < 4.78 is 0. The fourth-order valence-corrected chi connectivity index (χ4v) is 3.25. The summed E-state index contributed by atoms with van der Waals surface area (Å²) in [6, 6.07) is 0. The zero-order valence-corrected chi connectivity index (χ0v) is 13.3. The molecule has 1 aromatic heterocycles. The first kappa shape index (κ1) is 14.7. The first-order chi connectivity index (χ1) is 10.3. The second kappa shape index (κ2) is 6.71. The smallest absolute Gasteiger partial charge is 0.225 e. The lowest BCUT2D eigenvalue weighted by atomic mass is 9.87. The van der Waals surface area contributed by atoms with E-state index in [0.29, 0.717) is 0 Å². The maximum absolute atomic E-state index is 4.85. The first-order valence-corrected chi connectivity index (χ1v) is 8.25. The summed E-state index contributed by atoms with van der Waals surface area (Å²) in [6.45, 7) is 8.63. The van der Waals surface area contributed by atoms with Gasteiger partial charge in [0.15, 0.2) is 0 Å². The van der Waals surface area contributed by atoms with Crippen LogP contribution >= 0.6 is 0 Å². The van der Waals surface area contributed by atoms with Crippen LogP contribution in [0.5, 0.6) is 0 Å². The zero-order chi connectivity index (χ0) is 14.7. The number of aromatic nitrogens is 2. The van der Waals surface area contributed by atoms with Gasteiger partial charge in [-0.2, -0.15) is 0 Å². The van der Waals surface area contributed by atoms with Gasteiger partial charge in [0.2, 0.25) is 5.95 Å². The highest BCUT2D eigenvalue weighted by Crippen LogP contribution is 2.25. The summed E-state index contributed by atoms with van der Waals surface area (Å²) >= 11 is 0.